The third-order valence-corrected chi connectivity index (χ3v) is 3.63. The smallest absolute Gasteiger partial charge is 0.344 e. The lowest BCUT2D eigenvalue weighted by Gasteiger charge is -2.11. The number of esters is 1. The van der Waals surface area contributed by atoms with Crippen LogP contribution >= 0.6 is 23.2 Å². The largest absolute Gasteiger partial charge is 0.490 e. The molecule has 0 saturated heterocycles. The number of carbonyl (C=O) groups excluding carboxylic acids is 2. The van der Waals surface area contributed by atoms with Gasteiger partial charge in [0.25, 0.3) is 5.91 Å². The van der Waals surface area contributed by atoms with Gasteiger partial charge < -0.3 is 19.5 Å². The Morgan fingerprint density at radius 2 is 1.69 bits per heavy atom. The molecule has 0 atom stereocenters. The monoisotopic (exact) mass is 397 g/mol. The molecule has 1 N–H and O–H groups in total. The first-order chi connectivity index (χ1) is 12.5. The highest BCUT2D eigenvalue weighted by Crippen LogP contribution is 2.26. The van der Waals surface area contributed by atoms with Gasteiger partial charge in [0.1, 0.15) is 0 Å². The quantitative estimate of drug-likeness (QED) is 0.682. The summed E-state index contributed by atoms with van der Waals surface area (Å²) in [5, 5.41) is 3.26. The third-order valence-electron chi connectivity index (χ3n) is 3.06. The van der Waals surface area contributed by atoms with Gasteiger partial charge in [-0.15, -0.1) is 0 Å². The van der Waals surface area contributed by atoms with Crippen molar-refractivity contribution in [3.8, 4) is 11.5 Å². The van der Waals surface area contributed by atoms with Crippen molar-refractivity contribution in [2.75, 3.05) is 25.1 Å². The van der Waals surface area contributed by atoms with Gasteiger partial charge >= 0.3 is 5.97 Å². The number of hydrogen-bond donors (Lipinski definition) is 1. The average Bonchev–Trinajstić information content (AvgIpc) is 2.62. The number of amides is 1. The van der Waals surface area contributed by atoms with E-state index in [9.17, 15) is 9.59 Å². The molecule has 1 amide bonds. The van der Waals surface area contributed by atoms with E-state index in [1.54, 1.807) is 36.4 Å². The summed E-state index contributed by atoms with van der Waals surface area (Å²) in [5.74, 6) is -0.293. The topological polar surface area (TPSA) is 73.9 Å². The Morgan fingerprint density at radius 1 is 1.00 bits per heavy atom. The third kappa shape index (κ3) is 6.13. The minimum absolute atomic E-state index is 0.324. The lowest BCUT2D eigenvalue weighted by molar-refractivity contribution is -0.149. The summed E-state index contributed by atoms with van der Waals surface area (Å²) in [6, 6.07) is 11.6. The van der Waals surface area contributed by atoms with E-state index < -0.39 is 18.5 Å². The Balaban J connectivity index is 1.80. The minimum atomic E-state index is -0.691. The van der Waals surface area contributed by atoms with Gasteiger partial charge in [0.05, 0.1) is 17.3 Å². The number of hydrogen-bond acceptors (Lipinski definition) is 5. The summed E-state index contributed by atoms with van der Waals surface area (Å²) < 4.78 is 15.6. The number of anilines is 1. The SMILES string of the molecule is CCOc1ccccc1OCC(=O)OCC(=O)Nc1cc(Cl)ccc1Cl. The van der Waals surface area contributed by atoms with Crippen molar-refractivity contribution < 1.29 is 23.8 Å². The van der Waals surface area contributed by atoms with Gasteiger partial charge in [-0.3, -0.25) is 4.79 Å². The van der Waals surface area contributed by atoms with E-state index in [-0.39, 0.29) is 6.61 Å². The molecule has 0 radical (unpaired) electrons. The van der Waals surface area contributed by atoms with Crippen molar-refractivity contribution in [3.05, 3.63) is 52.5 Å². The van der Waals surface area contributed by atoms with Gasteiger partial charge in [0.2, 0.25) is 0 Å². The molecule has 0 bridgehead atoms. The molecule has 0 saturated carbocycles. The molecule has 0 spiro atoms. The number of nitrogens with one attached hydrogen (secondary N) is 1. The molecule has 6 nitrogen and oxygen atoms in total. The summed E-state index contributed by atoms with van der Waals surface area (Å²) in [7, 11) is 0. The Bertz CT molecular complexity index is 782. The molecule has 138 valence electrons. The van der Waals surface area contributed by atoms with E-state index in [4.69, 9.17) is 37.4 Å². The number of halogens is 2. The zero-order valence-electron chi connectivity index (χ0n) is 14.0. The summed E-state index contributed by atoms with van der Waals surface area (Å²) >= 11 is 11.8. The fraction of sp³-hybridized carbons (Fsp3) is 0.222. The molecule has 0 aliphatic rings. The second kappa shape index (κ2) is 9.89. The molecule has 0 aromatic heterocycles. The predicted molar refractivity (Wildman–Crippen MR) is 99.2 cm³/mol. The summed E-state index contributed by atoms with van der Waals surface area (Å²) in [5.41, 5.74) is 0.335. The molecule has 2 rings (SSSR count). The molecule has 0 unspecified atom stereocenters. The molecule has 2 aromatic rings. The molecule has 0 heterocycles. The van der Waals surface area contributed by atoms with Crippen LogP contribution in [0.15, 0.2) is 42.5 Å². The van der Waals surface area contributed by atoms with Gasteiger partial charge in [-0.05, 0) is 37.3 Å². The Hall–Kier alpha value is -2.44. The number of ether oxygens (including phenoxy) is 3. The van der Waals surface area contributed by atoms with E-state index in [1.807, 2.05) is 6.92 Å². The molecular formula is C18H17Cl2NO5. The van der Waals surface area contributed by atoms with Crippen molar-refractivity contribution >= 4 is 40.8 Å². The number of carbonyl (C=O) groups is 2. The fourth-order valence-electron chi connectivity index (χ4n) is 1.95. The average molecular weight is 398 g/mol. The normalized spacial score (nSPS) is 10.1. The van der Waals surface area contributed by atoms with Gasteiger partial charge in [0.15, 0.2) is 24.7 Å². The van der Waals surface area contributed by atoms with Crippen molar-refractivity contribution in [3.63, 3.8) is 0 Å². The van der Waals surface area contributed by atoms with E-state index >= 15 is 0 Å². The van der Waals surface area contributed by atoms with Crippen LogP contribution in [0.5, 0.6) is 11.5 Å². The lowest BCUT2D eigenvalue weighted by atomic mass is 10.3. The second-order valence-corrected chi connectivity index (χ2v) is 5.85. The zero-order chi connectivity index (χ0) is 18.9. The van der Waals surface area contributed by atoms with Crippen LogP contribution in [-0.2, 0) is 14.3 Å². The van der Waals surface area contributed by atoms with E-state index in [0.717, 1.165) is 0 Å². The first kappa shape index (κ1) is 19.9. The highest BCUT2D eigenvalue weighted by molar-refractivity contribution is 6.35. The summed E-state index contributed by atoms with van der Waals surface area (Å²) in [6.45, 7) is 1.49. The number of benzene rings is 2. The maximum Gasteiger partial charge on any atom is 0.344 e. The summed E-state index contributed by atoms with van der Waals surface area (Å²) in [4.78, 5) is 23.6. The fourth-order valence-corrected chi connectivity index (χ4v) is 2.29. The van der Waals surface area contributed by atoms with Crippen LogP contribution in [0.25, 0.3) is 0 Å². The number of para-hydroxylation sites is 2. The van der Waals surface area contributed by atoms with Crippen LogP contribution in [-0.4, -0.2) is 31.7 Å². The van der Waals surface area contributed by atoms with Crippen LogP contribution in [0.1, 0.15) is 6.92 Å². The molecule has 8 heteroatoms. The van der Waals surface area contributed by atoms with Crippen LogP contribution in [0.4, 0.5) is 5.69 Å². The van der Waals surface area contributed by atoms with Gasteiger partial charge in [0, 0.05) is 5.02 Å². The standard InChI is InChI=1S/C18H17Cl2NO5/c1-2-24-15-5-3-4-6-16(15)25-11-18(23)26-10-17(22)21-14-9-12(19)7-8-13(14)20/h3-9H,2,10-11H2,1H3,(H,21,22). The molecule has 0 aliphatic heterocycles. The highest BCUT2D eigenvalue weighted by Gasteiger charge is 2.12. The maximum absolute atomic E-state index is 11.8. The molecule has 2 aromatic carbocycles. The van der Waals surface area contributed by atoms with Crippen LogP contribution in [0, 0.1) is 0 Å². The number of rotatable bonds is 8. The minimum Gasteiger partial charge on any atom is -0.490 e. The van der Waals surface area contributed by atoms with E-state index in [0.29, 0.717) is 33.8 Å². The zero-order valence-corrected chi connectivity index (χ0v) is 15.5. The Kier molecular flexibility index (Phi) is 7.56. The Labute approximate surface area is 160 Å². The van der Waals surface area contributed by atoms with E-state index in [1.165, 1.54) is 6.07 Å². The molecule has 26 heavy (non-hydrogen) atoms. The van der Waals surface area contributed by atoms with Crippen LogP contribution < -0.4 is 14.8 Å². The van der Waals surface area contributed by atoms with Crippen molar-refractivity contribution in [1.29, 1.82) is 0 Å². The lowest BCUT2D eigenvalue weighted by Crippen LogP contribution is -2.23. The van der Waals surface area contributed by atoms with Gasteiger partial charge in [-0.1, -0.05) is 35.3 Å². The van der Waals surface area contributed by atoms with Crippen molar-refractivity contribution in [1.82, 2.24) is 0 Å². The van der Waals surface area contributed by atoms with Crippen LogP contribution in [0.3, 0.4) is 0 Å². The predicted octanol–water partition coefficient (Wildman–Crippen LogP) is 3.95. The van der Waals surface area contributed by atoms with Crippen LogP contribution in [0.2, 0.25) is 10.0 Å². The molecular weight excluding hydrogens is 381 g/mol. The van der Waals surface area contributed by atoms with Gasteiger partial charge in [-0.25, -0.2) is 4.79 Å². The second-order valence-electron chi connectivity index (χ2n) is 5.00. The van der Waals surface area contributed by atoms with Gasteiger partial charge in [-0.2, -0.15) is 0 Å². The van der Waals surface area contributed by atoms with E-state index in [2.05, 4.69) is 5.32 Å². The first-order valence-electron chi connectivity index (χ1n) is 7.74. The van der Waals surface area contributed by atoms with Crippen molar-refractivity contribution in [2.45, 2.75) is 6.92 Å². The molecule has 0 fully saturated rings. The Morgan fingerprint density at radius 3 is 2.38 bits per heavy atom. The summed E-state index contributed by atoms with van der Waals surface area (Å²) in [6.07, 6.45) is 0. The maximum atomic E-state index is 11.8. The van der Waals surface area contributed by atoms with Crippen molar-refractivity contribution in [2.24, 2.45) is 0 Å². The molecule has 0 aliphatic carbocycles. The first-order valence-corrected chi connectivity index (χ1v) is 8.50. The highest BCUT2D eigenvalue weighted by atomic mass is 35.5.